The first kappa shape index (κ1) is 15.1. The van der Waals surface area contributed by atoms with Crippen molar-refractivity contribution in [2.45, 2.75) is 26.3 Å². The maximum Gasteiger partial charge on any atom is 0.0954 e. The number of rotatable bonds is 5. The highest BCUT2D eigenvalue weighted by molar-refractivity contribution is 9.11. The molecule has 0 fully saturated rings. The average Bonchev–Trinajstić information content (AvgIpc) is 2.52. The number of hydrogen-bond acceptors (Lipinski definition) is 3. The van der Waals surface area contributed by atoms with Crippen molar-refractivity contribution in [2.75, 3.05) is 6.54 Å². The lowest BCUT2D eigenvalue weighted by atomic mass is 10.2. The first-order valence-electron chi connectivity index (χ1n) is 4.58. The quantitative estimate of drug-likeness (QED) is 0.897. The highest BCUT2D eigenvalue weighted by Crippen LogP contribution is 2.18. The van der Waals surface area contributed by atoms with Gasteiger partial charge < -0.3 is 5.32 Å². The molecule has 1 rings (SSSR count). The Morgan fingerprint density at radius 3 is 2.80 bits per heavy atom. The van der Waals surface area contributed by atoms with E-state index in [9.17, 15) is 0 Å². The molecular formula is C10H16BrClN2S. The fourth-order valence-electron chi connectivity index (χ4n) is 0.995. The second kappa shape index (κ2) is 7.39. The van der Waals surface area contributed by atoms with E-state index in [1.165, 1.54) is 5.01 Å². The van der Waals surface area contributed by atoms with Gasteiger partial charge in [-0.05, 0) is 0 Å². The lowest BCUT2D eigenvalue weighted by molar-refractivity contribution is 0.733. The number of thiazole rings is 1. The maximum atomic E-state index is 4.52. The van der Waals surface area contributed by atoms with E-state index < -0.39 is 0 Å². The van der Waals surface area contributed by atoms with Gasteiger partial charge in [-0.25, -0.2) is 4.98 Å². The Morgan fingerprint density at radius 2 is 2.33 bits per heavy atom. The fourth-order valence-corrected chi connectivity index (χ4v) is 2.03. The minimum atomic E-state index is 0. The van der Waals surface area contributed by atoms with Crippen LogP contribution in [0.2, 0.25) is 0 Å². The van der Waals surface area contributed by atoms with E-state index in [1.54, 1.807) is 11.3 Å². The summed E-state index contributed by atoms with van der Waals surface area (Å²) in [6, 6.07) is 0. The Kier molecular flexibility index (Phi) is 7.44. The van der Waals surface area contributed by atoms with Crippen molar-refractivity contribution in [3.63, 3.8) is 0 Å². The summed E-state index contributed by atoms with van der Waals surface area (Å²) in [5.74, 6) is 0.528. The van der Waals surface area contributed by atoms with E-state index in [4.69, 9.17) is 0 Å². The number of nitrogens with one attached hydrogen (secondary N) is 1. The van der Waals surface area contributed by atoms with Gasteiger partial charge in [-0.2, -0.15) is 0 Å². The van der Waals surface area contributed by atoms with Gasteiger partial charge in [0, 0.05) is 28.9 Å². The molecule has 0 atom stereocenters. The SMILES string of the molecule is C=C(Br)CNCc1csc(C(C)C)n1.Cl. The highest BCUT2D eigenvalue weighted by Gasteiger charge is 2.04. The van der Waals surface area contributed by atoms with E-state index >= 15 is 0 Å². The molecule has 0 aromatic carbocycles. The van der Waals surface area contributed by atoms with E-state index in [-0.39, 0.29) is 12.4 Å². The van der Waals surface area contributed by atoms with E-state index in [1.807, 2.05) is 0 Å². The largest absolute Gasteiger partial charge is 0.307 e. The average molecular weight is 312 g/mol. The molecule has 0 aliphatic rings. The predicted octanol–water partition coefficient (Wildman–Crippen LogP) is 3.69. The van der Waals surface area contributed by atoms with Gasteiger partial charge in [0.05, 0.1) is 10.7 Å². The molecule has 0 saturated carbocycles. The Balaban J connectivity index is 0.00000196. The highest BCUT2D eigenvalue weighted by atomic mass is 79.9. The van der Waals surface area contributed by atoms with Crippen molar-refractivity contribution in [3.05, 3.63) is 27.1 Å². The van der Waals surface area contributed by atoms with Gasteiger partial charge in [-0.1, -0.05) is 36.4 Å². The summed E-state index contributed by atoms with van der Waals surface area (Å²) in [4.78, 5) is 4.52. The molecule has 1 aromatic heterocycles. The van der Waals surface area contributed by atoms with Gasteiger partial charge in [0.25, 0.3) is 0 Å². The third-order valence-corrected chi connectivity index (χ3v) is 3.16. The summed E-state index contributed by atoms with van der Waals surface area (Å²) in [7, 11) is 0. The van der Waals surface area contributed by atoms with Gasteiger partial charge >= 0.3 is 0 Å². The van der Waals surface area contributed by atoms with Crippen LogP contribution in [0.4, 0.5) is 0 Å². The molecule has 0 spiro atoms. The van der Waals surface area contributed by atoms with Crippen molar-refractivity contribution in [1.29, 1.82) is 0 Å². The van der Waals surface area contributed by atoms with Gasteiger partial charge in [0.2, 0.25) is 0 Å². The molecule has 1 heterocycles. The molecule has 0 aliphatic carbocycles. The zero-order valence-corrected chi connectivity index (χ0v) is 12.1. The van der Waals surface area contributed by atoms with Crippen LogP contribution in [0.15, 0.2) is 16.4 Å². The lowest BCUT2D eigenvalue weighted by Gasteiger charge is -2.00. The molecule has 0 saturated heterocycles. The molecule has 15 heavy (non-hydrogen) atoms. The van der Waals surface area contributed by atoms with Crippen LogP contribution in [0.3, 0.4) is 0 Å². The van der Waals surface area contributed by atoms with Crippen molar-refractivity contribution in [2.24, 2.45) is 0 Å². The Bertz CT molecular complexity index is 312. The zero-order chi connectivity index (χ0) is 10.6. The number of nitrogens with zero attached hydrogens (tertiary/aromatic N) is 1. The van der Waals surface area contributed by atoms with Gasteiger partial charge in [-0.3, -0.25) is 0 Å². The summed E-state index contributed by atoms with van der Waals surface area (Å²) < 4.78 is 0.969. The Hall–Kier alpha value is 0.1000. The Morgan fingerprint density at radius 1 is 1.67 bits per heavy atom. The number of hydrogen-bond donors (Lipinski definition) is 1. The minimum absolute atomic E-state index is 0. The van der Waals surface area contributed by atoms with Crippen LogP contribution in [0.1, 0.15) is 30.5 Å². The van der Waals surface area contributed by atoms with E-state index in [0.717, 1.165) is 23.3 Å². The molecule has 1 N–H and O–H groups in total. The van der Waals surface area contributed by atoms with Crippen LogP contribution in [0, 0.1) is 0 Å². The van der Waals surface area contributed by atoms with Crippen molar-refractivity contribution < 1.29 is 0 Å². The molecule has 2 nitrogen and oxygen atoms in total. The van der Waals surface area contributed by atoms with Crippen LogP contribution in [0.5, 0.6) is 0 Å². The molecule has 1 aromatic rings. The summed E-state index contributed by atoms with van der Waals surface area (Å²) in [5, 5.41) is 6.57. The van der Waals surface area contributed by atoms with Crippen LogP contribution >= 0.6 is 39.7 Å². The second-order valence-corrected chi connectivity index (χ2v) is 5.46. The molecule has 0 unspecified atom stereocenters. The lowest BCUT2D eigenvalue weighted by Crippen LogP contribution is -2.14. The van der Waals surface area contributed by atoms with Gasteiger partial charge in [0.15, 0.2) is 0 Å². The van der Waals surface area contributed by atoms with Crippen molar-refractivity contribution in [3.8, 4) is 0 Å². The third kappa shape index (κ3) is 5.66. The predicted molar refractivity (Wildman–Crippen MR) is 73.2 cm³/mol. The second-order valence-electron chi connectivity index (χ2n) is 3.45. The standard InChI is InChI=1S/C10H15BrN2S.ClH/c1-7(2)10-13-9(6-14-10)5-12-4-8(3)11;/h6-7,12H,3-5H2,1-2H3;1H. The van der Waals surface area contributed by atoms with Crippen molar-refractivity contribution in [1.82, 2.24) is 10.3 Å². The van der Waals surface area contributed by atoms with Crippen LogP contribution in [-0.4, -0.2) is 11.5 Å². The molecule has 86 valence electrons. The molecular weight excluding hydrogens is 296 g/mol. The zero-order valence-electron chi connectivity index (χ0n) is 8.92. The van der Waals surface area contributed by atoms with Crippen LogP contribution < -0.4 is 5.32 Å². The van der Waals surface area contributed by atoms with Gasteiger partial charge in [0.1, 0.15) is 0 Å². The number of halogens is 2. The third-order valence-electron chi connectivity index (χ3n) is 1.69. The maximum absolute atomic E-state index is 4.52. The number of aromatic nitrogens is 1. The summed E-state index contributed by atoms with van der Waals surface area (Å²) in [5.41, 5.74) is 1.12. The van der Waals surface area contributed by atoms with Crippen LogP contribution in [0.25, 0.3) is 0 Å². The summed E-state index contributed by atoms with van der Waals surface area (Å²) in [6.45, 7) is 9.68. The smallest absolute Gasteiger partial charge is 0.0954 e. The van der Waals surface area contributed by atoms with Crippen LogP contribution in [-0.2, 0) is 6.54 Å². The fraction of sp³-hybridized carbons (Fsp3) is 0.500. The molecule has 0 amide bonds. The topological polar surface area (TPSA) is 24.9 Å². The van der Waals surface area contributed by atoms with Gasteiger partial charge in [-0.15, -0.1) is 23.7 Å². The molecule has 0 radical (unpaired) electrons. The molecule has 5 heteroatoms. The Labute approximate surface area is 110 Å². The van der Waals surface area contributed by atoms with E-state index in [2.05, 4.69) is 52.0 Å². The monoisotopic (exact) mass is 310 g/mol. The summed E-state index contributed by atoms with van der Waals surface area (Å²) >= 11 is 5.03. The summed E-state index contributed by atoms with van der Waals surface area (Å²) in [6.07, 6.45) is 0. The molecule has 0 aliphatic heterocycles. The first-order chi connectivity index (χ1) is 6.59. The normalized spacial score (nSPS) is 10.1. The minimum Gasteiger partial charge on any atom is -0.307 e. The first-order valence-corrected chi connectivity index (χ1v) is 6.25. The van der Waals surface area contributed by atoms with E-state index in [0.29, 0.717) is 5.92 Å². The van der Waals surface area contributed by atoms with Crippen molar-refractivity contribution >= 4 is 39.7 Å². The molecule has 0 bridgehead atoms.